The Bertz CT molecular complexity index is 598. The van der Waals surface area contributed by atoms with Crippen LogP contribution >= 0.6 is 15.9 Å². The molecule has 4 nitrogen and oxygen atoms in total. The fraction of sp³-hybridized carbons (Fsp3) is 0.231. The van der Waals surface area contributed by atoms with Crippen LogP contribution in [0.1, 0.15) is 29.0 Å². The third-order valence-electron chi connectivity index (χ3n) is 2.87. The molecular weight excluding hydrogens is 315 g/mol. The van der Waals surface area contributed by atoms with Crippen LogP contribution in [0.15, 0.2) is 35.1 Å². The number of carbonyl (C=O) groups excluding carboxylic acids is 1. The van der Waals surface area contributed by atoms with Crippen molar-refractivity contribution < 1.29 is 13.9 Å². The second kappa shape index (κ2) is 5.52. The normalized spacial score (nSPS) is 12.2. The maximum Gasteiger partial charge on any atom is 0.359 e. The van der Waals surface area contributed by atoms with Gasteiger partial charge in [-0.25, -0.2) is 4.79 Å². The van der Waals surface area contributed by atoms with E-state index in [2.05, 4.69) is 25.7 Å². The molecule has 0 aliphatic carbocycles. The molecule has 0 amide bonds. The highest BCUT2D eigenvalue weighted by Crippen LogP contribution is 2.26. The van der Waals surface area contributed by atoms with Crippen molar-refractivity contribution in [2.24, 2.45) is 0 Å². The Kier molecular flexibility index (Phi) is 3.99. The molecule has 100 valence electrons. The number of benzene rings is 1. The van der Waals surface area contributed by atoms with Crippen LogP contribution in [0.2, 0.25) is 0 Å². The summed E-state index contributed by atoms with van der Waals surface area (Å²) in [5, 5.41) is 0. The number of esters is 1. The van der Waals surface area contributed by atoms with Crippen molar-refractivity contribution in [1.29, 1.82) is 0 Å². The number of hydrogen-bond acceptors (Lipinski definition) is 3. The highest BCUT2D eigenvalue weighted by molar-refractivity contribution is 9.10. The average molecular weight is 327 g/mol. The number of ether oxygens (including phenoxy) is 1. The van der Waals surface area contributed by atoms with E-state index in [0.717, 1.165) is 5.56 Å². The van der Waals surface area contributed by atoms with Gasteiger partial charge in [0.2, 0.25) is 5.95 Å². The van der Waals surface area contributed by atoms with Crippen LogP contribution < -0.4 is 0 Å². The van der Waals surface area contributed by atoms with Gasteiger partial charge in [-0.1, -0.05) is 30.3 Å². The van der Waals surface area contributed by atoms with E-state index in [4.69, 9.17) is 0 Å². The lowest BCUT2D eigenvalue weighted by molar-refractivity contribution is 0.0581. The number of methoxy groups -OCH3 is 1. The van der Waals surface area contributed by atoms with Crippen molar-refractivity contribution in [2.75, 3.05) is 7.11 Å². The molecule has 1 aromatic carbocycles. The van der Waals surface area contributed by atoms with Gasteiger partial charge in [0.25, 0.3) is 0 Å². The largest absolute Gasteiger partial charge is 0.464 e. The minimum absolute atomic E-state index is 0.189. The number of rotatable bonds is 3. The number of carbonyl (C=O) groups is 1. The third kappa shape index (κ3) is 2.53. The molecule has 0 aliphatic heterocycles. The Balaban J connectivity index is 2.53. The third-order valence-corrected chi connectivity index (χ3v) is 3.43. The monoisotopic (exact) mass is 326 g/mol. The van der Waals surface area contributed by atoms with Gasteiger partial charge < -0.3 is 9.30 Å². The minimum Gasteiger partial charge on any atom is -0.464 e. The molecule has 0 saturated carbocycles. The van der Waals surface area contributed by atoms with Crippen molar-refractivity contribution in [3.63, 3.8) is 0 Å². The molecule has 1 aromatic heterocycles. The van der Waals surface area contributed by atoms with Crippen LogP contribution in [0.25, 0.3) is 0 Å². The van der Waals surface area contributed by atoms with Crippen molar-refractivity contribution in [2.45, 2.75) is 13.0 Å². The fourth-order valence-corrected chi connectivity index (χ4v) is 2.53. The first-order valence-corrected chi connectivity index (χ1v) is 6.42. The second-order valence-corrected chi connectivity index (χ2v) is 4.68. The lowest BCUT2D eigenvalue weighted by atomic mass is 10.1. The van der Waals surface area contributed by atoms with Crippen LogP contribution in [0.4, 0.5) is 4.39 Å². The van der Waals surface area contributed by atoms with Crippen LogP contribution in [-0.2, 0) is 4.74 Å². The molecule has 1 atom stereocenters. The van der Waals surface area contributed by atoms with E-state index in [1.165, 1.54) is 11.7 Å². The van der Waals surface area contributed by atoms with Crippen LogP contribution in [0, 0.1) is 5.95 Å². The fourth-order valence-electron chi connectivity index (χ4n) is 1.89. The molecule has 1 unspecified atom stereocenters. The molecule has 6 heteroatoms. The smallest absolute Gasteiger partial charge is 0.359 e. The quantitative estimate of drug-likeness (QED) is 0.814. The lowest BCUT2D eigenvalue weighted by Gasteiger charge is -2.17. The van der Waals surface area contributed by atoms with Gasteiger partial charge in [-0.05, 0) is 28.4 Å². The zero-order valence-corrected chi connectivity index (χ0v) is 12.0. The molecule has 2 rings (SSSR count). The van der Waals surface area contributed by atoms with E-state index in [-0.39, 0.29) is 16.5 Å². The Morgan fingerprint density at radius 3 is 2.63 bits per heavy atom. The second-order valence-electron chi connectivity index (χ2n) is 3.97. The molecule has 0 radical (unpaired) electrons. The summed E-state index contributed by atoms with van der Waals surface area (Å²) in [5.41, 5.74) is 0.747. The minimum atomic E-state index is -0.846. The standard InChI is InChI=1S/C13H12BrFN2O2/c1-8(9-6-4-3-5-7-9)17-10(12(18)19-2)11(15)16-13(17)14/h3-8H,1-2H3. The predicted octanol–water partition coefficient (Wildman–Crippen LogP) is 3.18. The molecule has 0 saturated heterocycles. The molecule has 0 aliphatic rings. The molecule has 1 heterocycles. The van der Waals surface area contributed by atoms with Crippen molar-refractivity contribution in [1.82, 2.24) is 9.55 Å². The molecule has 0 fully saturated rings. The predicted molar refractivity (Wildman–Crippen MR) is 71.5 cm³/mol. The maximum atomic E-state index is 13.7. The van der Waals surface area contributed by atoms with Crippen LogP contribution in [0.3, 0.4) is 0 Å². The van der Waals surface area contributed by atoms with Crippen LogP contribution in [0.5, 0.6) is 0 Å². The summed E-state index contributed by atoms with van der Waals surface area (Å²) in [6, 6.07) is 9.20. The number of nitrogens with zero attached hydrogens (tertiary/aromatic N) is 2. The van der Waals surface area contributed by atoms with E-state index >= 15 is 0 Å². The van der Waals surface area contributed by atoms with Gasteiger partial charge in [0.05, 0.1) is 13.2 Å². The zero-order chi connectivity index (χ0) is 14.0. The molecule has 19 heavy (non-hydrogen) atoms. The molecule has 2 aromatic rings. The summed E-state index contributed by atoms with van der Waals surface area (Å²) < 4.78 is 20.0. The average Bonchev–Trinajstić information content (AvgIpc) is 2.72. The topological polar surface area (TPSA) is 44.1 Å². The Hall–Kier alpha value is -1.69. The summed E-state index contributed by atoms with van der Waals surface area (Å²) in [6.45, 7) is 1.85. The number of imidazole rings is 1. The molecule has 0 bridgehead atoms. The van der Waals surface area contributed by atoms with Gasteiger partial charge in [-0.15, -0.1) is 0 Å². The first-order valence-electron chi connectivity index (χ1n) is 5.62. The van der Waals surface area contributed by atoms with E-state index in [1.54, 1.807) is 0 Å². The van der Waals surface area contributed by atoms with Gasteiger partial charge in [-0.2, -0.15) is 9.37 Å². The van der Waals surface area contributed by atoms with Gasteiger partial charge >= 0.3 is 5.97 Å². The van der Waals surface area contributed by atoms with Crippen molar-refractivity contribution >= 4 is 21.9 Å². The van der Waals surface area contributed by atoms with Gasteiger partial charge in [0, 0.05) is 0 Å². The zero-order valence-electron chi connectivity index (χ0n) is 10.4. The number of hydrogen-bond donors (Lipinski definition) is 0. The molecular formula is C13H12BrFN2O2. The Morgan fingerprint density at radius 2 is 2.05 bits per heavy atom. The van der Waals surface area contributed by atoms with E-state index in [0.29, 0.717) is 0 Å². The van der Waals surface area contributed by atoms with Crippen LogP contribution in [-0.4, -0.2) is 22.6 Å². The van der Waals surface area contributed by atoms with E-state index in [9.17, 15) is 9.18 Å². The summed E-state index contributed by atoms with van der Waals surface area (Å²) in [7, 11) is 1.21. The number of aromatic nitrogens is 2. The van der Waals surface area contributed by atoms with Crippen molar-refractivity contribution in [3.8, 4) is 0 Å². The Morgan fingerprint density at radius 1 is 1.42 bits per heavy atom. The summed E-state index contributed by atoms with van der Waals surface area (Å²) in [6.07, 6.45) is 0. The summed E-state index contributed by atoms with van der Waals surface area (Å²) in [5.74, 6) is -1.60. The SMILES string of the molecule is COC(=O)c1c(F)nc(Br)n1C(C)c1ccccc1. The van der Waals surface area contributed by atoms with Gasteiger partial charge in [0.15, 0.2) is 10.4 Å². The van der Waals surface area contributed by atoms with E-state index < -0.39 is 11.9 Å². The first kappa shape index (κ1) is 13.7. The summed E-state index contributed by atoms with van der Waals surface area (Å²) >= 11 is 3.17. The highest BCUT2D eigenvalue weighted by Gasteiger charge is 2.26. The molecule has 0 spiro atoms. The highest BCUT2D eigenvalue weighted by atomic mass is 79.9. The van der Waals surface area contributed by atoms with Gasteiger partial charge in [0.1, 0.15) is 0 Å². The van der Waals surface area contributed by atoms with Gasteiger partial charge in [-0.3, -0.25) is 0 Å². The lowest BCUT2D eigenvalue weighted by Crippen LogP contribution is -2.16. The number of halogens is 2. The van der Waals surface area contributed by atoms with Crippen molar-refractivity contribution in [3.05, 3.63) is 52.3 Å². The molecule has 0 N–H and O–H groups in total. The van der Waals surface area contributed by atoms with E-state index in [1.807, 2.05) is 37.3 Å². The summed E-state index contributed by atoms with van der Waals surface area (Å²) in [4.78, 5) is 15.3. The first-order chi connectivity index (χ1) is 9.06. The Labute approximate surface area is 118 Å². The maximum absolute atomic E-state index is 13.7.